The summed E-state index contributed by atoms with van der Waals surface area (Å²) in [5, 5.41) is 3.51. The van der Waals surface area contributed by atoms with Gasteiger partial charge in [-0.05, 0) is 37.1 Å². The lowest BCUT2D eigenvalue weighted by Gasteiger charge is -2.33. The molecule has 1 atom stereocenters. The minimum Gasteiger partial charge on any atom is -0.337 e. The number of halogens is 1. The highest BCUT2D eigenvalue weighted by Crippen LogP contribution is 2.22. The number of carbonyl (C=O) groups excluding carboxylic acids is 1. The Hall–Kier alpha value is -1.26. The summed E-state index contributed by atoms with van der Waals surface area (Å²) in [7, 11) is 0. The molecule has 1 aliphatic rings. The summed E-state index contributed by atoms with van der Waals surface area (Å²) in [6, 6.07) is 7.25. The van der Waals surface area contributed by atoms with Crippen LogP contribution in [0, 0.1) is 5.92 Å². The molecule has 1 aromatic carbocycles. The van der Waals surface area contributed by atoms with Crippen molar-refractivity contribution in [3.05, 3.63) is 29.3 Å². The molecule has 3 N–H and O–H groups in total. The van der Waals surface area contributed by atoms with Gasteiger partial charge in [0.05, 0.1) is 0 Å². The van der Waals surface area contributed by atoms with E-state index in [0.717, 1.165) is 12.1 Å². The van der Waals surface area contributed by atoms with E-state index in [9.17, 15) is 4.79 Å². The Morgan fingerprint density at radius 1 is 1.53 bits per heavy atom. The first-order chi connectivity index (χ1) is 8.20. The number of rotatable bonds is 3. The summed E-state index contributed by atoms with van der Waals surface area (Å²) < 4.78 is 0. The molecule has 2 rings (SSSR count). The number of nitrogens with two attached hydrogens (primary N) is 1. The van der Waals surface area contributed by atoms with E-state index in [4.69, 9.17) is 17.3 Å². The zero-order valence-corrected chi connectivity index (χ0v) is 10.3. The second-order valence-corrected chi connectivity index (χ2v) is 4.66. The number of nitrogens with zero attached hydrogens (tertiary/aromatic N) is 1. The van der Waals surface area contributed by atoms with E-state index in [1.807, 2.05) is 12.1 Å². The topological polar surface area (TPSA) is 58.4 Å². The normalized spacial score (nSPS) is 20.2. The van der Waals surface area contributed by atoms with Crippen molar-refractivity contribution < 1.29 is 4.79 Å². The van der Waals surface area contributed by atoms with E-state index in [2.05, 4.69) is 5.32 Å². The molecule has 2 amide bonds. The van der Waals surface area contributed by atoms with Crippen LogP contribution in [0.1, 0.15) is 6.42 Å². The molecule has 0 spiro atoms. The SMILES string of the molecule is NCCC1CNC(=O)N(c2cccc(Cl)c2)C1. The van der Waals surface area contributed by atoms with Gasteiger partial charge < -0.3 is 11.1 Å². The van der Waals surface area contributed by atoms with Crippen molar-refractivity contribution in [1.82, 2.24) is 5.32 Å². The molecule has 4 nitrogen and oxygen atoms in total. The second kappa shape index (κ2) is 5.38. The Balaban J connectivity index is 2.15. The summed E-state index contributed by atoms with van der Waals surface area (Å²) in [5.41, 5.74) is 6.38. The maximum Gasteiger partial charge on any atom is 0.321 e. The van der Waals surface area contributed by atoms with Crippen molar-refractivity contribution >= 4 is 23.3 Å². The number of hydrogen-bond donors (Lipinski definition) is 2. The molecule has 1 aromatic rings. The van der Waals surface area contributed by atoms with Gasteiger partial charge in [0.1, 0.15) is 0 Å². The van der Waals surface area contributed by atoms with Gasteiger partial charge >= 0.3 is 6.03 Å². The van der Waals surface area contributed by atoms with Crippen molar-refractivity contribution in [1.29, 1.82) is 0 Å². The van der Waals surface area contributed by atoms with Gasteiger partial charge in [0.15, 0.2) is 0 Å². The van der Waals surface area contributed by atoms with Crippen LogP contribution in [-0.2, 0) is 0 Å². The molecular formula is C12H16ClN3O. The molecule has 1 aliphatic heterocycles. The highest BCUT2D eigenvalue weighted by atomic mass is 35.5. The fourth-order valence-electron chi connectivity index (χ4n) is 2.03. The number of carbonyl (C=O) groups is 1. The lowest BCUT2D eigenvalue weighted by molar-refractivity contribution is 0.236. The molecule has 0 radical (unpaired) electrons. The van der Waals surface area contributed by atoms with Crippen LogP contribution >= 0.6 is 11.6 Å². The minimum absolute atomic E-state index is 0.0689. The van der Waals surface area contributed by atoms with Gasteiger partial charge in [0.25, 0.3) is 0 Å². The molecule has 0 bridgehead atoms. The van der Waals surface area contributed by atoms with E-state index in [1.165, 1.54) is 0 Å². The molecule has 1 unspecified atom stereocenters. The molecule has 0 aliphatic carbocycles. The van der Waals surface area contributed by atoms with Crippen LogP contribution in [0.5, 0.6) is 0 Å². The Morgan fingerprint density at radius 2 is 2.35 bits per heavy atom. The first-order valence-electron chi connectivity index (χ1n) is 5.71. The number of amides is 2. The third-order valence-corrected chi connectivity index (χ3v) is 3.16. The summed E-state index contributed by atoms with van der Waals surface area (Å²) in [6.45, 7) is 2.04. The van der Waals surface area contributed by atoms with Crippen LogP contribution in [0.4, 0.5) is 10.5 Å². The van der Waals surface area contributed by atoms with Crippen molar-refractivity contribution in [2.45, 2.75) is 6.42 Å². The summed E-state index contributed by atoms with van der Waals surface area (Å²) >= 11 is 5.93. The monoisotopic (exact) mass is 253 g/mol. The van der Waals surface area contributed by atoms with Gasteiger partial charge in [-0.25, -0.2) is 4.79 Å². The first kappa shape index (κ1) is 12.2. The van der Waals surface area contributed by atoms with Gasteiger partial charge in [-0.2, -0.15) is 0 Å². The lowest BCUT2D eigenvalue weighted by atomic mass is 10.0. The molecule has 17 heavy (non-hydrogen) atoms. The van der Waals surface area contributed by atoms with Gasteiger partial charge in [-0.15, -0.1) is 0 Å². The second-order valence-electron chi connectivity index (χ2n) is 4.22. The Bertz CT molecular complexity index is 410. The van der Waals surface area contributed by atoms with Crippen molar-refractivity contribution in [2.24, 2.45) is 11.7 Å². The maximum absolute atomic E-state index is 11.8. The van der Waals surface area contributed by atoms with E-state index in [-0.39, 0.29) is 6.03 Å². The van der Waals surface area contributed by atoms with Crippen LogP contribution in [0.3, 0.4) is 0 Å². The van der Waals surface area contributed by atoms with Crippen molar-refractivity contribution in [3.8, 4) is 0 Å². The van der Waals surface area contributed by atoms with Crippen molar-refractivity contribution in [2.75, 3.05) is 24.5 Å². The number of hydrogen-bond acceptors (Lipinski definition) is 2. The molecule has 1 fully saturated rings. The average Bonchev–Trinajstić information content (AvgIpc) is 2.32. The quantitative estimate of drug-likeness (QED) is 0.864. The van der Waals surface area contributed by atoms with Gasteiger partial charge in [-0.3, -0.25) is 4.90 Å². The summed E-state index contributed by atoms with van der Waals surface area (Å²) in [4.78, 5) is 13.5. The van der Waals surface area contributed by atoms with Crippen molar-refractivity contribution in [3.63, 3.8) is 0 Å². The largest absolute Gasteiger partial charge is 0.337 e. The van der Waals surface area contributed by atoms with Crippen LogP contribution in [0.15, 0.2) is 24.3 Å². The highest BCUT2D eigenvalue weighted by molar-refractivity contribution is 6.30. The Morgan fingerprint density at radius 3 is 3.06 bits per heavy atom. The van der Waals surface area contributed by atoms with Gasteiger partial charge in [0.2, 0.25) is 0 Å². The molecule has 5 heteroatoms. The predicted molar refractivity (Wildman–Crippen MR) is 69.4 cm³/mol. The molecule has 1 saturated heterocycles. The van der Waals surface area contributed by atoms with Crippen LogP contribution in [-0.4, -0.2) is 25.7 Å². The third kappa shape index (κ3) is 2.90. The maximum atomic E-state index is 11.8. The van der Waals surface area contributed by atoms with Crippen LogP contribution < -0.4 is 16.0 Å². The van der Waals surface area contributed by atoms with E-state index < -0.39 is 0 Å². The molecular weight excluding hydrogens is 238 g/mol. The summed E-state index contributed by atoms with van der Waals surface area (Å²) in [5.74, 6) is 0.400. The minimum atomic E-state index is -0.0689. The number of anilines is 1. The Kier molecular flexibility index (Phi) is 3.86. The highest BCUT2D eigenvalue weighted by Gasteiger charge is 2.25. The van der Waals surface area contributed by atoms with Crippen LogP contribution in [0.2, 0.25) is 5.02 Å². The first-order valence-corrected chi connectivity index (χ1v) is 6.09. The van der Waals surface area contributed by atoms with E-state index in [0.29, 0.717) is 30.6 Å². The van der Waals surface area contributed by atoms with Gasteiger partial charge in [-0.1, -0.05) is 17.7 Å². The number of nitrogens with one attached hydrogen (secondary N) is 1. The third-order valence-electron chi connectivity index (χ3n) is 2.92. The molecule has 0 aromatic heterocycles. The Labute approximate surface area is 106 Å². The summed E-state index contributed by atoms with van der Waals surface area (Å²) in [6.07, 6.45) is 0.914. The zero-order chi connectivity index (χ0) is 12.3. The lowest BCUT2D eigenvalue weighted by Crippen LogP contribution is -2.51. The number of benzene rings is 1. The van der Waals surface area contributed by atoms with E-state index in [1.54, 1.807) is 17.0 Å². The number of urea groups is 1. The zero-order valence-electron chi connectivity index (χ0n) is 9.53. The fourth-order valence-corrected chi connectivity index (χ4v) is 2.21. The molecule has 1 heterocycles. The molecule has 0 saturated carbocycles. The molecule has 92 valence electrons. The fraction of sp³-hybridized carbons (Fsp3) is 0.417. The van der Waals surface area contributed by atoms with Gasteiger partial charge in [0, 0.05) is 23.8 Å². The predicted octanol–water partition coefficient (Wildman–Crippen LogP) is 1.83. The van der Waals surface area contributed by atoms with E-state index >= 15 is 0 Å². The standard InChI is InChI=1S/C12H16ClN3O/c13-10-2-1-3-11(6-10)16-8-9(4-5-14)7-15-12(16)17/h1-3,6,9H,4-5,7-8,14H2,(H,15,17). The smallest absolute Gasteiger partial charge is 0.321 e. The average molecular weight is 254 g/mol. The van der Waals surface area contributed by atoms with Crippen LogP contribution in [0.25, 0.3) is 0 Å².